The molecule has 2 N–H and O–H groups in total. The summed E-state index contributed by atoms with van der Waals surface area (Å²) >= 11 is 5.49. The SMILES string of the molecule is O=S(=O)(c1ccccc1)N1CCN(C(=S)NCCC[NH+]2CCOCC2)CC1. The number of sulfonamides is 1. The summed E-state index contributed by atoms with van der Waals surface area (Å²) in [5.74, 6) is 0. The molecule has 2 aliphatic rings. The van der Waals surface area contributed by atoms with Gasteiger partial charge in [-0.3, -0.25) is 0 Å². The van der Waals surface area contributed by atoms with Crippen LogP contribution in [-0.4, -0.2) is 88.3 Å². The van der Waals surface area contributed by atoms with Crippen LogP contribution in [0.4, 0.5) is 0 Å². The third-order valence-corrected chi connectivity index (χ3v) is 7.41. The first-order chi connectivity index (χ1) is 13.1. The number of nitrogens with one attached hydrogen (secondary N) is 2. The Bertz CT molecular complexity index is 701. The van der Waals surface area contributed by atoms with Crippen LogP contribution in [0.5, 0.6) is 0 Å². The minimum absolute atomic E-state index is 0.352. The number of hydrogen-bond acceptors (Lipinski definition) is 4. The van der Waals surface area contributed by atoms with E-state index in [9.17, 15) is 8.42 Å². The van der Waals surface area contributed by atoms with Gasteiger partial charge in [-0.15, -0.1) is 0 Å². The van der Waals surface area contributed by atoms with E-state index in [0.29, 0.717) is 31.1 Å². The van der Waals surface area contributed by atoms with Crippen LogP contribution in [-0.2, 0) is 14.8 Å². The standard InChI is InChI=1S/C18H28N4O3S2/c23-27(24,17-5-2-1-3-6-17)22-11-9-21(10-12-22)18(26)19-7-4-8-20-13-15-25-16-14-20/h1-3,5-6H,4,7-16H2,(H,19,26)/p+1. The molecule has 2 fully saturated rings. The fraction of sp³-hybridized carbons (Fsp3) is 0.611. The van der Waals surface area contributed by atoms with Crippen molar-refractivity contribution in [2.24, 2.45) is 0 Å². The van der Waals surface area contributed by atoms with E-state index in [1.165, 1.54) is 0 Å². The first-order valence-electron chi connectivity index (χ1n) is 9.56. The van der Waals surface area contributed by atoms with E-state index >= 15 is 0 Å². The second kappa shape index (κ2) is 9.79. The van der Waals surface area contributed by atoms with Crippen molar-refractivity contribution in [2.45, 2.75) is 11.3 Å². The Morgan fingerprint density at radius 3 is 2.44 bits per heavy atom. The maximum atomic E-state index is 12.7. The molecule has 2 saturated heterocycles. The lowest BCUT2D eigenvalue weighted by Gasteiger charge is -2.35. The summed E-state index contributed by atoms with van der Waals surface area (Å²) in [5, 5.41) is 4.05. The second-order valence-corrected chi connectivity index (χ2v) is 9.23. The van der Waals surface area contributed by atoms with Crippen molar-refractivity contribution in [2.75, 3.05) is 65.6 Å². The van der Waals surface area contributed by atoms with Crippen LogP contribution in [0.15, 0.2) is 35.2 Å². The van der Waals surface area contributed by atoms with Crippen molar-refractivity contribution >= 4 is 27.4 Å². The molecule has 3 rings (SSSR count). The zero-order chi connectivity index (χ0) is 19.1. The lowest BCUT2D eigenvalue weighted by Crippen LogP contribution is -3.14. The van der Waals surface area contributed by atoms with Crippen molar-refractivity contribution in [3.8, 4) is 0 Å². The Balaban J connectivity index is 1.39. The first-order valence-corrected chi connectivity index (χ1v) is 11.4. The molecule has 0 saturated carbocycles. The number of hydrogen-bond donors (Lipinski definition) is 2. The second-order valence-electron chi connectivity index (χ2n) is 6.90. The minimum atomic E-state index is -3.41. The number of quaternary nitrogens is 1. The van der Waals surface area contributed by atoms with Crippen LogP contribution in [0.1, 0.15) is 6.42 Å². The summed E-state index contributed by atoms with van der Waals surface area (Å²) in [6.45, 7) is 8.01. The average Bonchev–Trinajstić information content (AvgIpc) is 2.72. The zero-order valence-corrected chi connectivity index (χ0v) is 17.2. The fourth-order valence-electron chi connectivity index (χ4n) is 3.43. The van der Waals surface area contributed by atoms with E-state index in [1.54, 1.807) is 33.5 Å². The smallest absolute Gasteiger partial charge is 0.243 e. The highest BCUT2D eigenvalue weighted by Gasteiger charge is 2.29. The molecule has 0 bridgehead atoms. The molecule has 0 unspecified atom stereocenters. The Hall–Kier alpha value is -1.26. The highest BCUT2D eigenvalue weighted by Crippen LogP contribution is 2.17. The Labute approximate surface area is 167 Å². The number of nitrogens with zero attached hydrogens (tertiary/aromatic N) is 2. The van der Waals surface area contributed by atoms with Gasteiger partial charge in [-0.1, -0.05) is 18.2 Å². The molecule has 0 atom stereocenters. The third-order valence-electron chi connectivity index (χ3n) is 5.09. The summed E-state index contributed by atoms with van der Waals surface area (Å²) in [4.78, 5) is 4.01. The lowest BCUT2D eigenvalue weighted by atomic mass is 10.3. The van der Waals surface area contributed by atoms with Crippen molar-refractivity contribution in [3.05, 3.63) is 30.3 Å². The van der Waals surface area contributed by atoms with Gasteiger partial charge < -0.3 is 19.9 Å². The van der Waals surface area contributed by atoms with Gasteiger partial charge in [0.05, 0.1) is 24.7 Å². The minimum Gasteiger partial charge on any atom is -0.370 e. The highest BCUT2D eigenvalue weighted by atomic mass is 32.2. The molecule has 0 amide bonds. The fourth-order valence-corrected chi connectivity index (χ4v) is 5.16. The third kappa shape index (κ3) is 5.61. The summed E-state index contributed by atoms with van der Waals surface area (Å²) in [6, 6.07) is 8.61. The summed E-state index contributed by atoms with van der Waals surface area (Å²) in [5.41, 5.74) is 0. The molecule has 1 aromatic carbocycles. The van der Waals surface area contributed by atoms with Gasteiger partial charge in [-0.2, -0.15) is 4.31 Å². The number of piperazine rings is 1. The van der Waals surface area contributed by atoms with Gasteiger partial charge in [-0.25, -0.2) is 8.42 Å². The molecule has 7 nitrogen and oxygen atoms in total. The van der Waals surface area contributed by atoms with E-state index < -0.39 is 10.0 Å². The van der Waals surface area contributed by atoms with Crippen molar-refractivity contribution < 1.29 is 18.1 Å². The maximum Gasteiger partial charge on any atom is 0.243 e. The molecule has 2 heterocycles. The van der Waals surface area contributed by atoms with Gasteiger partial charge in [0.25, 0.3) is 0 Å². The number of benzene rings is 1. The van der Waals surface area contributed by atoms with Crippen molar-refractivity contribution in [1.82, 2.24) is 14.5 Å². The molecule has 150 valence electrons. The predicted molar refractivity (Wildman–Crippen MR) is 108 cm³/mol. The van der Waals surface area contributed by atoms with Gasteiger partial charge in [0, 0.05) is 39.1 Å². The van der Waals surface area contributed by atoms with Crippen LogP contribution in [0.2, 0.25) is 0 Å². The Morgan fingerprint density at radius 1 is 1.11 bits per heavy atom. The quantitative estimate of drug-likeness (QED) is 0.469. The average molecular weight is 414 g/mol. The van der Waals surface area contributed by atoms with Crippen LogP contribution in [0.3, 0.4) is 0 Å². The Morgan fingerprint density at radius 2 is 1.78 bits per heavy atom. The molecule has 9 heteroatoms. The van der Waals surface area contributed by atoms with Crippen LogP contribution in [0, 0.1) is 0 Å². The van der Waals surface area contributed by atoms with Crippen LogP contribution in [0.25, 0.3) is 0 Å². The molecule has 0 aliphatic carbocycles. The van der Waals surface area contributed by atoms with Crippen LogP contribution < -0.4 is 10.2 Å². The lowest BCUT2D eigenvalue weighted by molar-refractivity contribution is -0.908. The molecule has 27 heavy (non-hydrogen) atoms. The maximum absolute atomic E-state index is 12.7. The summed E-state index contributed by atoms with van der Waals surface area (Å²) < 4.78 is 32.3. The van der Waals surface area contributed by atoms with E-state index in [0.717, 1.165) is 50.9 Å². The van der Waals surface area contributed by atoms with Crippen molar-refractivity contribution in [3.63, 3.8) is 0 Å². The zero-order valence-electron chi connectivity index (χ0n) is 15.6. The molecule has 0 aromatic heterocycles. The topological polar surface area (TPSA) is 66.3 Å². The number of morpholine rings is 1. The summed E-state index contributed by atoms with van der Waals surface area (Å²) in [6.07, 6.45) is 1.07. The number of rotatable bonds is 6. The molecular formula is C18H29N4O3S2+. The van der Waals surface area contributed by atoms with Crippen LogP contribution >= 0.6 is 12.2 Å². The molecule has 2 aliphatic heterocycles. The van der Waals surface area contributed by atoms with E-state index in [4.69, 9.17) is 17.0 Å². The molecule has 0 radical (unpaired) electrons. The summed E-state index contributed by atoms with van der Waals surface area (Å²) in [7, 11) is -3.41. The van der Waals surface area contributed by atoms with Gasteiger partial charge in [0.15, 0.2) is 5.11 Å². The largest absolute Gasteiger partial charge is 0.370 e. The van der Waals surface area contributed by atoms with E-state index in [-0.39, 0.29) is 0 Å². The van der Waals surface area contributed by atoms with E-state index in [2.05, 4.69) is 10.2 Å². The van der Waals surface area contributed by atoms with Gasteiger partial charge in [-0.05, 0) is 24.4 Å². The predicted octanol–water partition coefficient (Wildman–Crippen LogP) is -0.827. The Kier molecular flexibility index (Phi) is 7.42. The number of ether oxygens (including phenoxy) is 1. The monoisotopic (exact) mass is 413 g/mol. The molecule has 0 spiro atoms. The normalized spacial score (nSPS) is 19.8. The van der Waals surface area contributed by atoms with Gasteiger partial charge >= 0.3 is 0 Å². The highest BCUT2D eigenvalue weighted by molar-refractivity contribution is 7.89. The van der Waals surface area contributed by atoms with E-state index in [1.807, 2.05) is 6.07 Å². The number of thiocarbonyl (C=S) groups is 1. The molecular weight excluding hydrogens is 384 g/mol. The van der Waals surface area contributed by atoms with Gasteiger partial charge in [0.2, 0.25) is 10.0 Å². The van der Waals surface area contributed by atoms with Crippen molar-refractivity contribution in [1.29, 1.82) is 0 Å². The first kappa shape index (κ1) is 20.5. The molecule has 1 aromatic rings. The van der Waals surface area contributed by atoms with Gasteiger partial charge in [0.1, 0.15) is 13.1 Å².